The molecule has 0 saturated carbocycles. The number of hydrogen-bond acceptors (Lipinski definition) is 3. The van der Waals surface area contributed by atoms with Crippen molar-refractivity contribution in [1.29, 1.82) is 0 Å². The van der Waals surface area contributed by atoms with E-state index in [4.69, 9.17) is 5.11 Å². The molecule has 0 aromatic heterocycles. The van der Waals surface area contributed by atoms with E-state index in [1.54, 1.807) is 24.6 Å². The largest absolute Gasteiger partial charge is 0.392 e. The summed E-state index contributed by atoms with van der Waals surface area (Å²) < 4.78 is 25.4. The SMILES string of the molecule is CC(O)CNS(=O)(=O)C1=C[CH]CC=C1. The molecule has 0 fully saturated rings. The van der Waals surface area contributed by atoms with Crippen LogP contribution in [-0.2, 0) is 10.0 Å². The number of rotatable bonds is 4. The molecule has 0 spiro atoms. The molecule has 1 aliphatic carbocycles. The molecule has 0 saturated heterocycles. The minimum absolute atomic E-state index is 0.0352. The summed E-state index contributed by atoms with van der Waals surface area (Å²) in [7, 11) is -3.45. The van der Waals surface area contributed by atoms with E-state index in [0.717, 1.165) is 6.42 Å². The molecule has 1 unspecified atom stereocenters. The number of sulfonamides is 1. The van der Waals surface area contributed by atoms with E-state index in [9.17, 15) is 8.42 Å². The zero-order valence-electron chi connectivity index (χ0n) is 7.97. The van der Waals surface area contributed by atoms with Gasteiger partial charge in [-0.05, 0) is 25.8 Å². The third-order valence-corrected chi connectivity index (χ3v) is 3.15. The van der Waals surface area contributed by atoms with Crippen LogP contribution in [0.15, 0.2) is 23.1 Å². The topological polar surface area (TPSA) is 66.4 Å². The molecule has 1 aliphatic rings. The molecule has 1 atom stereocenters. The lowest BCUT2D eigenvalue weighted by Crippen LogP contribution is -2.31. The molecule has 4 nitrogen and oxygen atoms in total. The van der Waals surface area contributed by atoms with E-state index in [1.807, 2.05) is 0 Å². The Balaban J connectivity index is 2.65. The van der Waals surface area contributed by atoms with Crippen molar-refractivity contribution in [3.8, 4) is 0 Å². The molecule has 0 bridgehead atoms. The fourth-order valence-corrected chi connectivity index (χ4v) is 2.17. The second-order valence-electron chi connectivity index (χ2n) is 3.14. The van der Waals surface area contributed by atoms with Crippen LogP contribution in [0, 0.1) is 6.42 Å². The van der Waals surface area contributed by atoms with Crippen LogP contribution in [0.1, 0.15) is 13.3 Å². The van der Waals surface area contributed by atoms with Crippen LogP contribution >= 0.6 is 0 Å². The van der Waals surface area contributed by atoms with E-state index in [2.05, 4.69) is 4.72 Å². The van der Waals surface area contributed by atoms with Crippen LogP contribution in [0.25, 0.3) is 0 Å². The average molecular weight is 216 g/mol. The summed E-state index contributed by atoms with van der Waals surface area (Å²) in [6, 6.07) is 0. The molecule has 0 aromatic rings. The molecule has 5 heteroatoms. The smallest absolute Gasteiger partial charge is 0.240 e. The van der Waals surface area contributed by atoms with E-state index >= 15 is 0 Å². The zero-order chi connectivity index (χ0) is 10.6. The van der Waals surface area contributed by atoms with Gasteiger partial charge in [-0.3, -0.25) is 0 Å². The summed E-state index contributed by atoms with van der Waals surface area (Å²) in [6.07, 6.45) is 6.75. The standard InChI is InChI=1S/C9H14NO3S/c1-8(11)7-10-14(12,13)9-5-3-2-4-6-9/h3-6,8,10-11H,2,7H2,1H3. The monoisotopic (exact) mass is 216 g/mol. The van der Waals surface area contributed by atoms with Crippen LogP contribution in [0.2, 0.25) is 0 Å². The number of aliphatic hydroxyl groups is 1. The van der Waals surface area contributed by atoms with Gasteiger partial charge in [0.2, 0.25) is 10.0 Å². The Morgan fingerprint density at radius 1 is 1.64 bits per heavy atom. The maximum Gasteiger partial charge on any atom is 0.240 e. The number of nitrogens with one attached hydrogen (secondary N) is 1. The van der Waals surface area contributed by atoms with E-state index in [1.165, 1.54) is 6.92 Å². The Labute approximate surface area is 84.4 Å². The quantitative estimate of drug-likeness (QED) is 0.712. The molecule has 0 aromatic carbocycles. The lowest BCUT2D eigenvalue weighted by Gasteiger charge is -2.10. The van der Waals surface area contributed by atoms with Gasteiger partial charge in [-0.1, -0.05) is 12.2 Å². The number of allylic oxidation sites excluding steroid dienone is 3. The fourth-order valence-electron chi connectivity index (χ4n) is 0.995. The molecular formula is C9H14NO3S. The van der Waals surface area contributed by atoms with Crippen molar-refractivity contribution in [3.63, 3.8) is 0 Å². The van der Waals surface area contributed by atoms with Crippen molar-refractivity contribution in [2.45, 2.75) is 19.4 Å². The molecule has 0 amide bonds. The first-order valence-electron chi connectivity index (χ1n) is 4.40. The zero-order valence-corrected chi connectivity index (χ0v) is 8.79. The highest BCUT2D eigenvalue weighted by molar-refractivity contribution is 7.93. The van der Waals surface area contributed by atoms with Crippen LogP contribution in [0.4, 0.5) is 0 Å². The van der Waals surface area contributed by atoms with Gasteiger partial charge in [-0.25, -0.2) is 13.1 Å². The maximum atomic E-state index is 11.5. The molecular weight excluding hydrogens is 202 g/mol. The maximum absolute atomic E-state index is 11.5. The molecule has 1 radical (unpaired) electrons. The van der Waals surface area contributed by atoms with Gasteiger partial charge in [0.15, 0.2) is 0 Å². The van der Waals surface area contributed by atoms with E-state index < -0.39 is 16.1 Å². The summed E-state index contributed by atoms with van der Waals surface area (Å²) in [6.45, 7) is 1.56. The van der Waals surface area contributed by atoms with Gasteiger partial charge < -0.3 is 5.11 Å². The van der Waals surface area contributed by atoms with Gasteiger partial charge in [0.05, 0.1) is 11.0 Å². The Kier molecular flexibility index (Phi) is 3.86. The predicted octanol–water partition coefficient (Wildman–Crippen LogP) is 0.335. The predicted molar refractivity (Wildman–Crippen MR) is 54.7 cm³/mol. The first-order valence-corrected chi connectivity index (χ1v) is 5.88. The molecule has 14 heavy (non-hydrogen) atoms. The second kappa shape index (κ2) is 4.72. The summed E-state index contributed by atoms with van der Waals surface area (Å²) in [5, 5.41) is 8.94. The van der Waals surface area contributed by atoms with Crippen molar-refractivity contribution in [1.82, 2.24) is 4.72 Å². The Morgan fingerprint density at radius 3 is 2.86 bits per heavy atom. The third-order valence-electron chi connectivity index (χ3n) is 1.72. The Bertz CT molecular complexity index is 341. The minimum Gasteiger partial charge on any atom is -0.392 e. The third kappa shape index (κ3) is 3.25. The molecule has 0 aliphatic heterocycles. The van der Waals surface area contributed by atoms with E-state index in [0.29, 0.717) is 0 Å². The second-order valence-corrected chi connectivity index (χ2v) is 4.91. The fraction of sp³-hybridized carbons (Fsp3) is 0.444. The van der Waals surface area contributed by atoms with Crippen LogP contribution in [0.3, 0.4) is 0 Å². The van der Waals surface area contributed by atoms with Crippen molar-refractivity contribution in [2.75, 3.05) is 6.54 Å². The van der Waals surface area contributed by atoms with Gasteiger partial charge in [0.25, 0.3) is 0 Å². The molecule has 2 N–H and O–H groups in total. The van der Waals surface area contributed by atoms with Crippen molar-refractivity contribution in [3.05, 3.63) is 29.6 Å². The normalized spacial score (nSPS) is 19.1. The molecule has 79 valence electrons. The van der Waals surface area contributed by atoms with Crippen molar-refractivity contribution in [2.24, 2.45) is 0 Å². The molecule has 0 heterocycles. The summed E-state index contributed by atoms with van der Waals surface area (Å²) in [4.78, 5) is 0.240. The summed E-state index contributed by atoms with van der Waals surface area (Å²) >= 11 is 0. The first kappa shape index (κ1) is 11.4. The minimum atomic E-state index is -3.45. The number of hydrogen-bond donors (Lipinski definition) is 2. The first-order chi connectivity index (χ1) is 6.52. The van der Waals surface area contributed by atoms with Gasteiger partial charge in [0, 0.05) is 6.54 Å². The van der Waals surface area contributed by atoms with Crippen LogP contribution in [0.5, 0.6) is 0 Å². The van der Waals surface area contributed by atoms with Crippen molar-refractivity contribution < 1.29 is 13.5 Å². The highest BCUT2D eigenvalue weighted by Crippen LogP contribution is 2.13. The lowest BCUT2D eigenvalue weighted by molar-refractivity contribution is 0.198. The highest BCUT2D eigenvalue weighted by atomic mass is 32.2. The molecule has 1 rings (SSSR count). The van der Waals surface area contributed by atoms with E-state index in [-0.39, 0.29) is 11.4 Å². The van der Waals surface area contributed by atoms with Gasteiger partial charge >= 0.3 is 0 Å². The Morgan fingerprint density at radius 2 is 2.36 bits per heavy atom. The summed E-state index contributed by atoms with van der Waals surface area (Å²) in [5.74, 6) is 0. The van der Waals surface area contributed by atoms with Gasteiger partial charge in [0.1, 0.15) is 0 Å². The lowest BCUT2D eigenvalue weighted by atomic mass is 10.2. The van der Waals surface area contributed by atoms with Gasteiger partial charge in [-0.15, -0.1) is 0 Å². The highest BCUT2D eigenvalue weighted by Gasteiger charge is 2.16. The Hall–Kier alpha value is -0.650. The van der Waals surface area contributed by atoms with Crippen LogP contribution < -0.4 is 4.72 Å². The summed E-state index contributed by atoms with van der Waals surface area (Å²) in [5.41, 5.74) is 0. The average Bonchev–Trinajstić information content (AvgIpc) is 2.16. The van der Waals surface area contributed by atoms with Crippen molar-refractivity contribution >= 4 is 10.0 Å². The van der Waals surface area contributed by atoms with Gasteiger partial charge in [-0.2, -0.15) is 0 Å². The number of aliphatic hydroxyl groups excluding tert-OH is 1. The van der Waals surface area contributed by atoms with Crippen LogP contribution in [-0.4, -0.2) is 26.2 Å².